The maximum Gasteiger partial charge on any atom is 0.407 e. The zero-order valence-corrected chi connectivity index (χ0v) is 11.1. The average molecular weight is 259 g/mol. The summed E-state index contributed by atoms with van der Waals surface area (Å²) in [6.45, 7) is 5.95. The molecule has 1 aromatic rings. The number of rotatable bonds is 5. The van der Waals surface area contributed by atoms with Crippen molar-refractivity contribution in [2.75, 3.05) is 6.54 Å². The summed E-state index contributed by atoms with van der Waals surface area (Å²) in [5.41, 5.74) is 2.43. The molecule has 1 unspecified atom stereocenters. The van der Waals surface area contributed by atoms with Crippen LogP contribution in [0, 0.1) is 0 Å². The number of hydrogen-bond acceptors (Lipinski definition) is 1. The monoisotopic (exact) mass is 259 g/mol. The summed E-state index contributed by atoms with van der Waals surface area (Å²) >= 11 is 0. The highest BCUT2D eigenvalue weighted by Crippen LogP contribution is 2.33. The molecule has 1 rings (SSSR count). The number of alkyl halides is 3. The third-order valence-corrected chi connectivity index (χ3v) is 3.06. The highest BCUT2D eigenvalue weighted by molar-refractivity contribution is 5.34. The Labute approximate surface area is 106 Å². The maximum atomic E-state index is 12.9. The Morgan fingerprint density at radius 2 is 1.67 bits per heavy atom. The highest BCUT2D eigenvalue weighted by Gasteiger charge is 2.40. The second kappa shape index (κ2) is 6.23. The smallest absolute Gasteiger partial charge is 0.303 e. The van der Waals surface area contributed by atoms with Gasteiger partial charge in [-0.05, 0) is 36.1 Å². The van der Waals surface area contributed by atoms with Crippen LogP contribution in [0.1, 0.15) is 43.5 Å². The van der Waals surface area contributed by atoms with Crippen LogP contribution in [0.2, 0.25) is 0 Å². The Kier molecular flexibility index (Phi) is 5.20. The van der Waals surface area contributed by atoms with E-state index in [9.17, 15) is 13.2 Å². The number of hydrogen-bond donors (Lipinski definition) is 1. The van der Waals surface area contributed by atoms with Crippen LogP contribution in [-0.2, 0) is 12.8 Å². The van der Waals surface area contributed by atoms with E-state index in [0.717, 1.165) is 24.0 Å². The second-order valence-electron chi connectivity index (χ2n) is 4.27. The van der Waals surface area contributed by atoms with Gasteiger partial charge in [0, 0.05) is 0 Å². The summed E-state index contributed by atoms with van der Waals surface area (Å²) in [5.74, 6) is 0. The van der Waals surface area contributed by atoms with Crippen LogP contribution in [0.4, 0.5) is 13.2 Å². The summed E-state index contributed by atoms with van der Waals surface area (Å²) in [6.07, 6.45) is -2.65. The molecule has 0 spiro atoms. The van der Waals surface area contributed by atoms with Gasteiger partial charge >= 0.3 is 6.18 Å². The van der Waals surface area contributed by atoms with Crippen LogP contribution in [-0.4, -0.2) is 12.7 Å². The minimum atomic E-state index is -4.26. The first-order valence-corrected chi connectivity index (χ1v) is 6.35. The van der Waals surface area contributed by atoms with Gasteiger partial charge in [-0.25, -0.2) is 0 Å². The molecule has 0 radical (unpaired) electrons. The zero-order valence-electron chi connectivity index (χ0n) is 11.1. The fourth-order valence-corrected chi connectivity index (χ4v) is 2.13. The van der Waals surface area contributed by atoms with Crippen LogP contribution in [0.3, 0.4) is 0 Å². The van der Waals surface area contributed by atoms with Gasteiger partial charge in [0.25, 0.3) is 0 Å². The van der Waals surface area contributed by atoms with Gasteiger partial charge < -0.3 is 5.32 Å². The van der Waals surface area contributed by atoms with Crippen molar-refractivity contribution in [2.24, 2.45) is 0 Å². The lowest BCUT2D eigenvalue weighted by Gasteiger charge is -2.22. The molecule has 0 heterocycles. The van der Waals surface area contributed by atoms with Crippen LogP contribution >= 0.6 is 0 Å². The van der Waals surface area contributed by atoms with Crippen molar-refractivity contribution >= 4 is 0 Å². The van der Waals surface area contributed by atoms with Gasteiger partial charge in [-0.15, -0.1) is 0 Å². The fraction of sp³-hybridized carbons (Fsp3) is 0.571. The number of nitrogens with one attached hydrogen (secondary N) is 1. The van der Waals surface area contributed by atoms with Gasteiger partial charge in [0.05, 0.1) is 0 Å². The van der Waals surface area contributed by atoms with Crippen LogP contribution in [0.25, 0.3) is 0 Å². The summed E-state index contributed by atoms with van der Waals surface area (Å²) in [6, 6.07) is 3.50. The average Bonchev–Trinajstić information content (AvgIpc) is 2.33. The third-order valence-electron chi connectivity index (χ3n) is 3.06. The van der Waals surface area contributed by atoms with Gasteiger partial charge in [0.15, 0.2) is 0 Å². The number of aryl methyl sites for hydroxylation is 2. The normalized spacial score (nSPS) is 13.7. The molecule has 1 nitrogen and oxygen atoms in total. The van der Waals surface area contributed by atoms with E-state index in [2.05, 4.69) is 5.32 Å². The van der Waals surface area contributed by atoms with Crippen molar-refractivity contribution in [3.05, 3.63) is 34.9 Å². The van der Waals surface area contributed by atoms with Crippen LogP contribution in [0.15, 0.2) is 18.2 Å². The fourth-order valence-electron chi connectivity index (χ4n) is 2.13. The minimum absolute atomic E-state index is 0.293. The largest absolute Gasteiger partial charge is 0.407 e. The molecule has 0 saturated heterocycles. The molecule has 0 aliphatic rings. The first-order valence-electron chi connectivity index (χ1n) is 6.35. The molecule has 102 valence electrons. The van der Waals surface area contributed by atoms with E-state index in [1.54, 1.807) is 19.1 Å². The molecule has 1 N–H and O–H groups in total. The van der Waals surface area contributed by atoms with Crippen molar-refractivity contribution in [2.45, 2.75) is 45.8 Å². The number of halogens is 3. The first kappa shape index (κ1) is 15.0. The molecule has 0 aliphatic heterocycles. The Balaban J connectivity index is 3.13. The highest BCUT2D eigenvalue weighted by atomic mass is 19.4. The van der Waals surface area contributed by atoms with Crippen molar-refractivity contribution in [3.63, 3.8) is 0 Å². The molecule has 1 aromatic carbocycles. The molecule has 0 fully saturated rings. The third kappa shape index (κ3) is 3.48. The molecule has 0 aromatic heterocycles. The topological polar surface area (TPSA) is 12.0 Å². The van der Waals surface area contributed by atoms with E-state index >= 15 is 0 Å². The van der Waals surface area contributed by atoms with Gasteiger partial charge in [-0.1, -0.05) is 39.0 Å². The molecule has 0 saturated carbocycles. The van der Waals surface area contributed by atoms with E-state index in [0.29, 0.717) is 12.1 Å². The quantitative estimate of drug-likeness (QED) is 0.842. The predicted molar refractivity (Wildman–Crippen MR) is 67.7 cm³/mol. The van der Waals surface area contributed by atoms with E-state index in [4.69, 9.17) is 0 Å². The van der Waals surface area contributed by atoms with Gasteiger partial charge in [-0.2, -0.15) is 13.2 Å². The van der Waals surface area contributed by atoms with E-state index in [1.165, 1.54) is 0 Å². The summed E-state index contributed by atoms with van der Waals surface area (Å²) in [7, 11) is 0. The Hall–Kier alpha value is -1.03. The van der Waals surface area contributed by atoms with Crippen LogP contribution in [0.5, 0.6) is 0 Å². The van der Waals surface area contributed by atoms with Crippen molar-refractivity contribution in [1.82, 2.24) is 5.32 Å². The predicted octanol–water partition coefficient (Wildman–Crippen LogP) is 4.02. The molecule has 0 amide bonds. The van der Waals surface area contributed by atoms with Gasteiger partial charge in [0.1, 0.15) is 6.04 Å². The van der Waals surface area contributed by atoms with Crippen molar-refractivity contribution in [3.8, 4) is 0 Å². The van der Waals surface area contributed by atoms with Crippen LogP contribution < -0.4 is 5.32 Å². The Morgan fingerprint density at radius 1 is 1.06 bits per heavy atom. The molecular formula is C14H20F3N. The zero-order chi connectivity index (χ0) is 13.8. The van der Waals surface area contributed by atoms with Gasteiger partial charge in [0.2, 0.25) is 0 Å². The lowest BCUT2D eigenvalue weighted by atomic mass is 9.96. The molecular weight excluding hydrogens is 239 g/mol. The molecule has 0 bridgehead atoms. The summed E-state index contributed by atoms with van der Waals surface area (Å²) in [5, 5.41) is 2.50. The lowest BCUT2D eigenvalue weighted by Crippen LogP contribution is -2.34. The van der Waals surface area contributed by atoms with E-state index in [-0.39, 0.29) is 0 Å². The van der Waals surface area contributed by atoms with Crippen molar-refractivity contribution < 1.29 is 13.2 Å². The molecule has 0 aliphatic carbocycles. The second-order valence-corrected chi connectivity index (χ2v) is 4.27. The summed E-state index contributed by atoms with van der Waals surface area (Å²) in [4.78, 5) is 0. The van der Waals surface area contributed by atoms with E-state index < -0.39 is 12.2 Å². The standard InChI is InChI=1S/C14H20F3N/c1-4-10-7-8-12(9-11(10)5-2)13(18-6-3)14(15,16)17/h7-9,13,18H,4-6H2,1-3H3. The molecule has 1 atom stereocenters. The number of benzene rings is 1. The Morgan fingerprint density at radius 3 is 2.11 bits per heavy atom. The first-order chi connectivity index (χ1) is 8.43. The minimum Gasteiger partial charge on any atom is -0.303 e. The van der Waals surface area contributed by atoms with Crippen molar-refractivity contribution in [1.29, 1.82) is 0 Å². The lowest BCUT2D eigenvalue weighted by molar-refractivity contribution is -0.157. The molecule has 4 heteroatoms. The molecule has 18 heavy (non-hydrogen) atoms. The maximum absolute atomic E-state index is 12.9. The van der Waals surface area contributed by atoms with Gasteiger partial charge in [-0.3, -0.25) is 0 Å². The SMILES string of the molecule is CCNC(c1ccc(CC)c(CC)c1)C(F)(F)F. The van der Waals surface area contributed by atoms with E-state index in [1.807, 2.05) is 19.9 Å². The Bertz CT molecular complexity index is 385. The summed E-state index contributed by atoms with van der Waals surface area (Å²) < 4.78 is 38.8.